The molecule has 2 aromatic carbocycles. The minimum absolute atomic E-state index is 0.0228. The molecule has 8 heteroatoms. The third-order valence-corrected chi connectivity index (χ3v) is 4.17. The molecule has 26 heavy (non-hydrogen) atoms. The smallest absolute Gasteiger partial charge is 0.281 e. The van der Waals surface area contributed by atoms with Gasteiger partial charge in [0.05, 0.1) is 13.1 Å². The van der Waals surface area contributed by atoms with Crippen molar-refractivity contribution < 1.29 is 23.4 Å². The number of aliphatic carboxylic acids is 1. The van der Waals surface area contributed by atoms with E-state index >= 15 is 0 Å². The number of aromatic nitrogens is 2. The molecule has 132 valence electrons. The Balaban J connectivity index is 1.86. The molecular weight excluding hydrogens is 359 g/mol. The van der Waals surface area contributed by atoms with Crippen LogP contribution >= 0.6 is 11.8 Å². The summed E-state index contributed by atoms with van der Waals surface area (Å²) >= 11 is 0.759. The second-order valence-corrected chi connectivity index (χ2v) is 6.01. The zero-order valence-electron chi connectivity index (χ0n) is 13.5. The van der Waals surface area contributed by atoms with Gasteiger partial charge in [-0.3, -0.25) is 0 Å². The Labute approximate surface area is 152 Å². The topological polar surface area (TPSA) is 88.3 Å². The summed E-state index contributed by atoms with van der Waals surface area (Å²) in [7, 11) is 1.49. The van der Waals surface area contributed by atoms with Crippen molar-refractivity contribution in [1.29, 1.82) is 0 Å². The minimum atomic E-state index is -1.39. The van der Waals surface area contributed by atoms with Crippen molar-refractivity contribution in [3.63, 3.8) is 0 Å². The Morgan fingerprint density at radius 1 is 1.19 bits per heavy atom. The zero-order chi connectivity index (χ0) is 18.5. The van der Waals surface area contributed by atoms with E-state index in [9.17, 15) is 14.3 Å². The Morgan fingerprint density at radius 3 is 2.62 bits per heavy atom. The van der Waals surface area contributed by atoms with Crippen LogP contribution in [0.3, 0.4) is 0 Å². The SMILES string of the molecule is COc1ccccc1/C=C(/Sc1nnc(-c2ccc(F)cc2)o1)C(=O)[O-]. The van der Waals surface area contributed by atoms with Crippen LogP contribution in [-0.2, 0) is 4.79 Å². The first-order valence-corrected chi connectivity index (χ1v) is 8.22. The van der Waals surface area contributed by atoms with E-state index in [2.05, 4.69) is 10.2 Å². The van der Waals surface area contributed by atoms with Gasteiger partial charge in [0, 0.05) is 16.0 Å². The lowest BCUT2D eigenvalue weighted by Gasteiger charge is -2.08. The normalized spacial score (nSPS) is 11.4. The summed E-state index contributed by atoms with van der Waals surface area (Å²) in [5.74, 6) is -1.10. The number of carboxylic acid groups (broad SMARTS) is 1. The number of halogens is 1. The fourth-order valence-corrected chi connectivity index (χ4v) is 2.77. The van der Waals surface area contributed by atoms with Crippen LogP contribution < -0.4 is 9.84 Å². The van der Waals surface area contributed by atoms with Gasteiger partial charge in [0.2, 0.25) is 5.89 Å². The Morgan fingerprint density at radius 2 is 1.92 bits per heavy atom. The highest BCUT2D eigenvalue weighted by atomic mass is 32.2. The number of para-hydroxylation sites is 1. The van der Waals surface area contributed by atoms with Crippen LogP contribution in [0.2, 0.25) is 0 Å². The van der Waals surface area contributed by atoms with E-state index in [1.54, 1.807) is 24.3 Å². The molecule has 0 bridgehead atoms. The molecule has 0 saturated heterocycles. The molecule has 0 aliphatic rings. The van der Waals surface area contributed by atoms with Gasteiger partial charge < -0.3 is 19.1 Å². The van der Waals surface area contributed by atoms with Gasteiger partial charge in [-0.25, -0.2) is 4.39 Å². The summed E-state index contributed by atoms with van der Waals surface area (Å²) in [6.07, 6.45) is 1.40. The molecule has 0 aliphatic carbocycles. The third-order valence-electron chi connectivity index (χ3n) is 3.32. The van der Waals surface area contributed by atoms with Crippen LogP contribution in [0.1, 0.15) is 5.56 Å². The quantitative estimate of drug-likeness (QED) is 0.486. The van der Waals surface area contributed by atoms with E-state index < -0.39 is 5.97 Å². The average molecular weight is 371 g/mol. The van der Waals surface area contributed by atoms with Crippen LogP contribution in [0.25, 0.3) is 17.5 Å². The van der Waals surface area contributed by atoms with E-state index in [1.807, 2.05) is 0 Å². The van der Waals surface area contributed by atoms with Gasteiger partial charge in [-0.1, -0.05) is 18.2 Å². The highest BCUT2D eigenvalue weighted by Gasteiger charge is 2.13. The van der Waals surface area contributed by atoms with E-state index in [0.717, 1.165) is 11.8 Å². The summed E-state index contributed by atoms with van der Waals surface area (Å²) in [4.78, 5) is 11.3. The van der Waals surface area contributed by atoms with Crippen molar-refractivity contribution >= 4 is 23.8 Å². The Hall–Kier alpha value is -3.13. The summed E-state index contributed by atoms with van der Waals surface area (Å²) in [5.41, 5.74) is 1.09. The van der Waals surface area contributed by atoms with Gasteiger partial charge in [-0.05, 0) is 48.2 Å². The highest BCUT2D eigenvalue weighted by Crippen LogP contribution is 2.31. The number of hydrogen-bond acceptors (Lipinski definition) is 7. The van der Waals surface area contributed by atoms with E-state index in [1.165, 1.54) is 37.5 Å². The molecule has 0 radical (unpaired) electrons. The molecule has 0 unspecified atom stereocenters. The van der Waals surface area contributed by atoms with Crippen molar-refractivity contribution in [3.8, 4) is 17.2 Å². The number of hydrogen-bond donors (Lipinski definition) is 0. The fraction of sp³-hybridized carbons (Fsp3) is 0.0556. The van der Waals surface area contributed by atoms with Crippen LogP contribution in [0, 0.1) is 5.82 Å². The molecule has 0 aliphatic heterocycles. The van der Waals surface area contributed by atoms with Crippen molar-refractivity contribution in [2.45, 2.75) is 5.22 Å². The molecule has 1 aromatic heterocycles. The molecule has 0 saturated carbocycles. The molecule has 0 N–H and O–H groups in total. The first-order valence-electron chi connectivity index (χ1n) is 7.40. The lowest BCUT2D eigenvalue weighted by molar-refractivity contribution is -0.298. The lowest BCUT2D eigenvalue weighted by atomic mass is 10.2. The first kappa shape index (κ1) is 17.7. The van der Waals surface area contributed by atoms with Gasteiger partial charge >= 0.3 is 0 Å². The second-order valence-electron chi connectivity index (χ2n) is 5.02. The average Bonchev–Trinajstić information content (AvgIpc) is 3.10. The van der Waals surface area contributed by atoms with Gasteiger partial charge in [0.1, 0.15) is 11.6 Å². The number of thioether (sulfide) groups is 1. The summed E-state index contributed by atoms with van der Waals surface area (Å²) < 4.78 is 23.6. The maximum Gasteiger partial charge on any atom is 0.281 e. The van der Waals surface area contributed by atoms with Gasteiger partial charge in [-0.15, -0.1) is 10.2 Å². The molecule has 0 atom stereocenters. The van der Waals surface area contributed by atoms with E-state index in [0.29, 0.717) is 16.9 Å². The van der Waals surface area contributed by atoms with Crippen molar-refractivity contribution in [3.05, 3.63) is 64.8 Å². The molecule has 6 nitrogen and oxygen atoms in total. The molecule has 3 rings (SSSR count). The van der Waals surface area contributed by atoms with Gasteiger partial charge in [-0.2, -0.15) is 0 Å². The summed E-state index contributed by atoms with van der Waals surface area (Å²) in [6.45, 7) is 0. The molecule has 3 aromatic rings. The number of methoxy groups -OCH3 is 1. The summed E-state index contributed by atoms with van der Waals surface area (Å²) in [5, 5.41) is 19.1. The maximum absolute atomic E-state index is 13.0. The maximum atomic E-state index is 13.0. The lowest BCUT2D eigenvalue weighted by Crippen LogP contribution is -2.23. The van der Waals surface area contributed by atoms with Crippen LogP contribution in [0.5, 0.6) is 5.75 Å². The van der Waals surface area contributed by atoms with Crippen molar-refractivity contribution in [2.24, 2.45) is 0 Å². The second kappa shape index (κ2) is 7.83. The fourth-order valence-electron chi connectivity index (χ4n) is 2.11. The first-order chi connectivity index (χ1) is 12.6. The Kier molecular flexibility index (Phi) is 5.33. The molecule has 0 fully saturated rings. The van der Waals surface area contributed by atoms with E-state index in [-0.39, 0.29) is 21.8 Å². The summed E-state index contributed by atoms with van der Waals surface area (Å²) in [6, 6.07) is 12.5. The number of nitrogens with zero attached hydrogens (tertiary/aromatic N) is 2. The Bertz CT molecular complexity index is 954. The van der Waals surface area contributed by atoms with E-state index in [4.69, 9.17) is 9.15 Å². The highest BCUT2D eigenvalue weighted by molar-refractivity contribution is 8.03. The predicted molar refractivity (Wildman–Crippen MR) is 91.5 cm³/mol. The van der Waals surface area contributed by atoms with Crippen LogP contribution in [-0.4, -0.2) is 23.3 Å². The van der Waals surface area contributed by atoms with Crippen LogP contribution in [0.15, 0.2) is 63.1 Å². The van der Waals surface area contributed by atoms with Crippen molar-refractivity contribution in [1.82, 2.24) is 10.2 Å². The largest absolute Gasteiger partial charge is 0.544 e. The zero-order valence-corrected chi connectivity index (χ0v) is 14.3. The standard InChI is InChI=1S/C18H13FN2O4S/c1-24-14-5-3-2-4-12(14)10-15(17(22)23)26-18-21-20-16(25-18)11-6-8-13(19)9-7-11/h2-10H,1H3,(H,22,23)/p-1/b15-10+. The monoisotopic (exact) mass is 371 g/mol. The molecular formula is C18H12FN2O4S-. The third kappa shape index (κ3) is 4.09. The number of carboxylic acids is 1. The van der Waals surface area contributed by atoms with Gasteiger partial charge in [0.15, 0.2) is 0 Å². The minimum Gasteiger partial charge on any atom is -0.544 e. The van der Waals surface area contributed by atoms with Crippen LogP contribution in [0.4, 0.5) is 4.39 Å². The molecule has 0 spiro atoms. The van der Waals surface area contributed by atoms with Gasteiger partial charge in [0.25, 0.3) is 5.22 Å². The molecule has 1 heterocycles. The number of carbonyl (C=O) groups excluding carboxylic acids is 1. The number of rotatable bonds is 6. The van der Waals surface area contributed by atoms with Crippen molar-refractivity contribution in [2.75, 3.05) is 7.11 Å². The number of carbonyl (C=O) groups is 1. The predicted octanol–water partition coefficient (Wildman–Crippen LogP) is 2.77. The number of ether oxygens (including phenoxy) is 1. The molecule has 0 amide bonds. The number of benzene rings is 2.